The molecule has 1 rings (SSSR count). The smallest absolute Gasteiger partial charge is 0.137 e. The average Bonchev–Trinajstić information content (AvgIpc) is 2.42. The van der Waals surface area contributed by atoms with Crippen LogP contribution in [0, 0.1) is 6.92 Å². The molecule has 1 aromatic heterocycles. The highest BCUT2D eigenvalue weighted by molar-refractivity contribution is 6.30. The summed E-state index contributed by atoms with van der Waals surface area (Å²) in [7, 11) is 0. The van der Waals surface area contributed by atoms with Gasteiger partial charge >= 0.3 is 0 Å². The van der Waals surface area contributed by atoms with Crippen molar-refractivity contribution in [3.63, 3.8) is 0 Å². The van der Waals surface area contributed by atoms with Crippen molar-refractivity contribution in [1.82, 2.24) is 14.9 Å². The fraction of sp³-hybridized carbons (Fsp3) is 0.750. The second-order valence-corrected chi connectivity index (χ2v) is 6.73. The molecule has 0 saturated carbocycles. The van der Waals surface area contributed by atoms with Gasteiger partial charge in [-0.3, -0.25) is 0 Å². The van der Waals surface area contributed by atoms with Crippen molar-refractivity contribution >= 4 is 17.4 Å². The molecule has 4 nitrogen and oxygen atoms in total. The minimum absolute atomic E-state index is 0.102. The minimum atomic E-state index is -0.102. The topological polar surface area (TPSA) is 41.0 Å². The van der Waals surface area contributed by atoms with Crippen LogP contribution >= 0.6 is 11.6 Å². The van der Waals surface area contributed by atoms with Crippen molar-refractivity contribution in [3.05, 3.63) is 16.5 Å². The molecule has 0 unspecified atom stereocenters. The Balaban J connectivity index is 2.68. The molecule has 0 aliphatic heterocycles. The van der Waals surface area contributed by atoms with Crippen molar-refractivity contribution < 1.29 is 0 Å². The van der Waals surface area contributed by atoms with Gasteiger partial charge in [0, 0.05) is 17.5 Å². The van der Waals surface area contributed by atoms with Gasteiger partial charge in [-0.2, -0.15) is 0 Å². The fourth-order valence-corrected chi connectivity index (χ4v) is 2.22. The quantitative estimate of drug-likeness (QED) is 0.613. The lowest BCUT2D eigenvalue weighted by molar-refractivity contribution is 0.303. The van der Waals surface area contributed by atoms with Gasteiger partial charge in [0.25, 0.3) is 0 Å². The number of halogens is 1. The van der Waals surface area contributed by atoms with E-state index in [4.69, 9.17) is 11.6 Å². The maximum absolute atomic E-state index is 6.23. The second kappa shape index (κ2) is 7.95. The molecule has 1 N–H and O–H groups in total. The molecule has 0 radical (unpaired) electrons. The molecule has 21 heavy (non-hydrogen) atoms. The van der Waals surface area contributed by atoms with Crippen LogP contribution in [-0.2, 0) is 5.41 Å². The summed E-state index contributed by atoms with van der Waals surface area (Å²) in [6.07, 6.45) is 1.09. The SMILES string of the molecule is CCN(CC)CCCNc1nc(C(C)(C)C)nc(Cl)c1C. The summed E-state index contributed by atoms with van der Waals surface area (Å²) in [5.74, 6) is 1.64. The first kappa shape index (κ1) is 18.2. The van der Waals surface area contributed by atoms with Crippen LogP contribution in [-0.4, -0.2) is 41.0 Å². The zero-order valence-corrected chi connectivity index (χ0v) is 15.0. The Morgan fingerprint density at radius 3 is 2.29 bits per heavy atom. The van der Waals surface area contributed by atoms with Gasteiger partial charge in [0.15, 0.2) is 0 Å². The van der Waals surface area contributed by atoms with E-state index >= 15 is 0 Å². The van der Waals surface area contributed by atoms with E-state index in [9.17, 15) is 0 Å². The lowest BCUT2D eigenvalue weighted by atomic mass is 9.95. The van der Waals surface area contributed by atoms with E-state index < -0.39 is 0 Å². The third-order valence-electron chi connectivity index (χ3n) is 3.60. The Morgan fingerprint density at radius 1 is 1.14 bits per heavy atom. The van der Waals surface area contributed by atoms with Gasteiger partial charge in [0.1, 0.15) is 16.8 Å². The number of nitrogens with one attached hydrogen (secondary N) is 1. The monoisotopic (exact) mass is 312 g/mol. The van der Waals surface area contributed by atoms with E-state index in [0.717, 1.165) is 49.8 Å². The summed E-state index contributed by atoms with van der Waals surface area (Å²) >= 11 is 6.23. The van der Waals surface area contributed by atoms with Crippen LogP contribution in [0.5, 0.6) is 0 Å². The molecule has 0 aliphatic carbocycles. The van der Waals surface area contributed by atoms with Crippen LogP contribution in [0.15, 0.2) is 0 Å². The number of rotatable bonds is 7. The van der Waals surface area contributed by atoms with Gasteiger partial charge in [-0.05, 0) is 33.0 Å². The van der Waals surface area contributed by atoms with Crippen LogP contribution < -0.4 is 5.32 Å². The lowest BCUT2D eigenvalue weighted by Gasteiger charge is -2.20. The Labute approximate surface area is 134 Å². The maximum Gasteiger partial charge on any atom is 0.137 e. The third kappa shape index (κ3) is 5.44. The van der Waals surface area contributed by atoms with Gasteiger partial charge in [0.05, 0.1) is 0 Å². The summed E-state index contributed by atoms with van der Waals surface area (Å²) in [5.41, 5.74) is 0.821. The molecule has 0 spiro atoms. The highest BCUT2D eigenvalue weighted by Gasteiger charge is 2.20. The van der Waals surface area contributed by atoms with E-state index in [1.54, 1.807) is 0 Å². The van der Waals surface area contributed by atoms with Gasteiger partial charge < -0.3 is 10.2 Å². The minimum Gasteiger partial charge on any atom is -0.370 e. The Morgan fingerprint density at radius 2 is 1.76 bits per heavy atom. The fourth-order valence-electron chi connectivity index (χ4n) is 2.05. The molecule has 1 heterocycles. The first-order valence-corrected chi connectivity index (χ1v) is 8.18. The predicted molar refractivity (Wildman–Crippen MR) is 91.4 cm³/mol. The van der Waals surface area contributed by atoms with Crippen molar-refractivity contribution in [1.29, 1.82) is 0 Å². The lowest BCUT2D eigenvalue weighted by Crippen LogP contribution is -2.25. The van der Waals surface area contributed by atoms with Gasteiger partial charge in [-0.25, -0.2) is 9.97 Å². The highest BCUT2D eigenvalue weighted by Crippen LogP contribution is 2.25. The third-order valence-corrected chi connectivity index (χ3v) is 3.96. The normalized spacial score (nSPS) is 12.0. The predicted octanol–water partition coefficient (Wildman–Crippen LogP) is 3.88. The van der Waals surface area contributed by atoms with E-state index in [0.29, 0.717) is 5.15 Å². The zero-order valence-electron chi connectivity index (χ0n) is 14.3. The van der Waals surface area contributed by atoms with Crippen molar-refractivity contribution in [2.45, 2.75) is 53.4 Å². The summed E-state index contributed by atoms with van der Waals surface area (Å²) < 4.78 is 0. The molecule has 0 bridgehead atoms. The Kier molecular flexibility index (Phi) is 6.88. The molecule has 5 heteroatoms. The van der Waals surface area contributed by atoms with E-state index in [1.807, 2.05) is 6.92 Å². The number of aromatic nitrogens is 2. The summed E-state index contributed by atoms with van der Waals surface area (Å²) in [4.78, 5) is 11.5. The molecular weight excluding hydrogens is 284 g/mol. The second-order valence-electron chi connectivity index (χ2n) is 6.37. The van der Waals surface area contributed by atoms with E-state index in [1.165, 1.54) is 0 Å². The first-order chi connectivity index (χ1) is 9.79. The molecule has 1 aromatic rings. The zero-order chi connectivity index (χ0) is 16.0. The molecule has 0 saturated heterocycles. The standard InChI is InChI=1S/C16H29ClN4/c1-7-21(8-2)11-9-10-18-14-12(3)13(17)19-15(20-14)16(4,5)6/h7-11H2,1-6H3,(H,18,19,20). The van der Waals surface area contributed by atoms with E-state index in [-0.39, 0.29) is 5.41 Å². The molecule has 0 atom stereocenters. The van der Waals surface area contributed by atoms with Crippen molar-refractivity contribution in [2.75, 3.05) is 31.5 Å². The first-order valence-electron chi connectivity index (χ1n) is 7.80. The number of hydrogen-bond acceptors (Lipinski definition) is 4. The molecule has 0 aromatic carbocycles. The van der Waals surface area contributed by atoms with Crippen LogP contribution in [0.1, 0.15) is 52.4 Å². The summed E-state index contributed by atoms with van der Waals surface area (Å²) in [6, 6.07) is 0. The van der Waals surface area contributed by atoms with Crippen molar-refractivity contribution in [3.8, 4) is 0 Å². The largest absolute Gasteiger partial charge is 0.370 e. The van der Waals surface area contributed by atoms with Crippen LogP contribution in [0.2, 0.25) is 5.15 Å². The van der Waals surface area contributed by atoms with Gasteiger partial charge in [-0.15, -0.1) is 0 Å². The van der Waals surface area contributed by atoms with E-state index in [2.05, 4.69) is 54.8 Å². The average molecular weight is 313 g/mol. The Bertz CT molecular complexity index is 450. The summed E-state index contributed by atoms with van der Waals surface area (Å²) in [6.45, 7) is 16.8. The number of nitrogens with zero attached hydrogens (tertiary/aromatic N) is 3. The molecule has 120 valence electrons. The number of hydrogen-bond donors (Lipinski definition) is 1. The van der Waals surface area contributed by atoms with Crippen molar-refractivity contribution in [2.24, 2.45) is 0 Å². The van der Waals surface area contributed by atoms with Gasteiger partial charge in [-0.1, -0.05) is 46.2 Å². The molecule has 0 amide bonds. The molecule has 0 aliphatic rings. The van der Waals surface area contributed by atoms with Gasteiger partial charge in [0.2, 0.25) is 0 Å². The van der Waals surface area contributed by atoms with Crippen LogP contribution in [0.25, 0.3) is 0 Å². The molecule has 0 fully saturated rings. The van der Waals surface area contributed by atoms with Crippen LogP contribution in [0.3, 0.4) is 0 Å². The maximum atomic E-state index is 6.23. The van der Waals surface area contributed by atoms with Crippen LogP contribution in [0.4, 0.5) is 5.82 Å². The highest BCUT2D eigenvalue weighted by atomic mass is 35.5. The molecular formula is C16H29ClN4. The number of anilines is 1. The Hall–Kier alpha value is -0.870. The summed E-state index contributed by atoms with van der Waals surface area (Å²) in [5, 5.41) is 3.95.